The van der Waals surface area contributed by atoms with E-state index in [-0.39, 0.29) is 12.8 Å². The summed E-state index contributed by atoms with van der Waals surface area (Å²) < 4.78 is 30.7. The molecule has 3 aromatic heterocycles. The molecule has 1 saturated heterocycles. The van der Waals surface area contributed by atoms with Crippen molar-refractivity contribution in [2.45, 2.75) is 37.3 Å². The molecular formula is C22H21F2N7. The average Bonchev–Trinajstić information content (AvgIpc) is 3.54. The maximum atomic E-state index is 15.6. The van der Waals surface area contributed by atoms with Crippen LogP contribution < -0.4 is 4.90 Å². The van der Waals surface area contributed by atoms with Gasteiger partial charge in [-0.2, -0.15) is 9.65 Å². The lowest BCUT2D eigenvalue weighted by molar-refractivity contribution is 0.109. The Kier molecular flexibility index (Phi) is 4.65. The minimum atomic E-state index is -1.58. The van der Waals surface area contributed by atoms with Crippen molar-refractivity contribution in [3.63, 3.8) is 0 Å². The van der Waals surface area contributed by atoms with E-state index in [0.717, 1.165) is 18.5 Å². The topological polar surface area (TPSA) is 83.5 Å². The van der Waals surface area contributed by atoms with Gasteiger partial charge in [-0.3, -0.25) is 4.98 Å². The van der Waals surface area contributed by atoms with Gasteiger partial charge in [0.2, 0.25) is 5.95 Å². The lowest BCUT2D eigenvalue weighted by Crippen LogP contribution is -2.42. The van der Waals surface area contributed by atoms with E-state index in [9.17, 15) is 9.65 Å². The number of nitrogens with zero attached hydrogens (tertiary/aromatic N) is 7. The Balaban J connectivity index is 1.53. The summed E-state index contributed by atoms with van der Waals surface area (Å²) >= 11 is 0. The van der Waals surface area contributed by atoms with E-state index in [1.54, 1.807) is 17.7 Å². The van der Waals surface area contributed by atoms with Gasteiger partial charge in [0, 0.05) is 56.4 Å². The number of hydrogen-bond donors (Lipinski definition) is 0. The summed E-state index contributed by atoms with van der Waals surface area (Å²) in [6.07, 6.45) is 5.46. The molecule has 4 heterocycles. The Morgan fingerprint density at radius 1 is 1.23 bits per heavy atom. The minimum absolute atomic E-state index is 0.218. The molecule has 2 aliphatic rings. The first kappa shape index (κ1) is 19.5. The third-order valence-corrected chi connectivity index (χ3v) is 6.11. The maximum absolute atomic E-state index is 15.6. The minimum Gasteiger partial charge on any atom is -0.368 e. The summed E-state index contributed by atoms with van der Waals surface area (Å²) in [7, 11) is 1.73. The highest BCUT2D eigenvalue weighted by Crippen LogP contribution is 2.44. The fourth-order valence-electron chi connectivity index (χ4n) is 4.27. The van der Waals surface area contributed by atoms with E-state index < -0.39 is 11.6 Å². The summed E-state index contributed by atoms with van der Waals surface area (Å²) in [6.45, 7) is 0.786. The molecule has 158 valence electrons. The summed E-state index contributed by atoms with van der Waals surface area (Å²) in [6, 6.07) is 7.04. The van der Waals surface area contributed by atoms with Crippen molar-refractivity contribution in [2.75, 3.05) is 18.0 Å². The van der Waals surface area contributed by atoms with Crippen LogP contribution in [0.3, 0.4) is 0 Å². The van der Waals surface area contributed by atoms with Crippen LogP contribution in [0.4, 0.5) is 14.5 Å². The fourth-order valence-corrected chi connectivity index (χ4v) is 4.27. The number of aryl methyl sites for hydroxylation is 1. The standard InChI is InChI=1S/C22H21F2N7/c1-30-13-27-29-21(30)22(24)6-8-31(9-7-22)20-16(11-25)10-17(14-2-3-14)28-19(20)15-4-5-18(23)26-12-15/h4-5,10,12-14H,2-3,6-9H2,1H3. The predicted molar refractivity (Wildman–Crippen MR) is 109 cm³/mol. The Hall–Kier alpha value is -3.41. The zero-order valence-electron chi connectivity index (χ0n) is 17.1. The molecule has 0 bridgehead atoms. The van der Waals surface area contributed by atoms with E-state index in [0.29, 0.717) is 47.3 Å². The van der Waals surface area contributed by atoms with Gasteiger partial charge in [-0.15, -0.1) is 10.2 Å². The molecule has 5 rings (SSSR count). The van der Waals surface area contributed by atoms with Gasteiger partial charge in [-0.05, 0) is 31.0 Å². The van der Waals surface area contributed by atoms with Crippen molar-refractivity contribution in [1.29, 1.82) is 5.26 Å². The van der Waals surface area contributed by atoms with E-state index in [2.05, 4.69) is 21.3 Å². The lowest BCUT2D eigenvalue weighted by atomic mass is 9.91. The van der Waals surface area contributed by atoms with Crippen LogP contribution in [0.25, 0.3) is 11.3 Å². The second kappa shape index (κ2) is 7.38. The van der Waals surface area contributed by atoms with Gasteiger partial charge in [0.25, 0.3) is 0 Å². The van der Waals surface area contributed by atoms with Gasteiger partial charge in [-0.25, -0.2) is 9.37 Å². The molecular weight excluding hydrogens is 400 g/mol. The SMILES string of the molecule is Cn1cnnc1C1(F)CCN(c2c(C#N)cc(C3CC3)nc2-c2ccc(F)nc2)CC1. The highest BCUT2D eigenvalue weighted by Gasteiger charge is 2.41. The Morgan fingerprint density at radius 3 is 2.58 bits per heavy atom. The van der Waals surface area contributed by atoms with Crippen LogP contribution in [0.1, 0.15) is 48.7 Å². The first-order valence-corrected chi connectivity index (χ1v) is 10.3. The smallest absolute Gasteiger partial charge is 0.212 e. The average molecular weight is 421 g/mol. The van der Waals surface area contributed by atoms with Crippen molar-refractivity contribution in [3.05, 3.63) is 53.8 Å². The molecule has 9 heteroatoms. The first-order chi connectivity index (χ1) is 15.0. The molecule has 0 N–H and O–H groups in total. The molecule has 0 aromatic carbocycles. The molecule has 31 heavy (non-hydrogen) atoms. The molecule has 1 aliphatic heterocycles. The van der Waals surface area contributed by atoms with Gasteiger partial charge in [0.15, 0.2) is 11.5 Å². The third kappa shape index (κ3) is 3.52. The number of halogens is 2. The lowest BCUT2D eigenvalue weighted by Gasteiger charge is -2.38. The predicted octanol–water partition coefficient (Wildman–Crippen LogP) is 3.63. The van der Waals surface area contributed by atoms with Crippen LogP contribution in [0, 0.1) is 17.3 Å². The first-order valence-electron chi connectivity index (χ1n) is 10.3. The largest absolute Gasteiger partial charge is 0.368 e. The normalized spacial score (nSPS) is 18.1. The van der Waals surface area contributed by atoms with Crippen LogP contribution in [0.5, 0.6) is 0 Å². The molecule has 0 spiro atoms. The number of nitriles is 1. The van der Waals surface area contributed by atoms with Crippen LogP contribution in [0.15, 0.2) is 30.7 Å². The summed E-state index contributed by atoms with van der Waals surface area (Å²) in [5, 5.41) is 17.7. The Bertz CT molecular complexity index is 1150. The van der Waals surface area contributed by atoms with E-state index in [1.807, 2.05) is 11.0 Å². The molecule has 2 fully saturated rings. The van der Waals surface area contributed by atoms with E-state index in [1.165, 1.54) is 18.6 Å². The van der Waals surface area contributed by atoms with Gasteiger partial charge in [-0.1, -0.05) is 0 Å². The van der Waals surface area contributed by atoms with E-state index >= 15 is 4.39 Å². The monoisotopic (exact) mass is 421 g/mol. The van der Waals surface area contributed by atoms with E-state index in [4.69, 9.17) is 4.98 Å². The Labute approximate surface area is 178 Å². The zero-order valence-corrected chi connectivity index (χ0v) is 17.1. The molecule has 0 radical (unpaired) electrons. The molecule has 3 aromatic rings. The highest BCUT2D eigenvalue weighted by molar-refractivity contribution is 5.80. The number of anilines is 1. The van der Waals surface area contributed by atoms with Crippen molar-refractivity contribution in [2.24, 2.45) is 7.05 Å². The van der Waals surface area contributed by atoms with Crippen LogP contribution in [-0.4, -0.2) is 37.8 Å². The number of alkyl halides is 1. The van der Waals surface area contributed by atoms with Gasteiger partial charge >= 0.3 is 0 Å². The molecule has 0 unspecified atom stereocenters. The molecule has 1 aliphatic carbocycles. The fraction of sp³-hybridized carbons (Fsp3) is 0.409. The molecule has 1 saturated carbocycles. The van der Waals surface area contributed by atoms with Gasteiger partial charge in [0.05, 0.1) is 16.9 Å². The van der Waals surface area contributed by atoms with Gasteiger partial charge < -0.3 is 9.47 Å². The highest BCUT2D eigenvalue weighted by atomic mass is 19.1. The number of pyridine rings is 2. The molecule has 0 amide bonds. The van der Waals surface area contributed by atoms with Crippen LogP contribution in [0.2, 0.25) is 0 Å². The summed E-state index contributed by atoms with van der Waals surface area (Å²) in [4.78, 5) is 10.6. The van der Waals surface area contributed by atoms with Gasteiger partial charge in [0.1, 0.15) is 12.4 Å². The summed E-state index contributed by atoms with van der Waals surface area (Å²) in [5.41, 5.74) is 1.68. The molecule has 0 atom stereocenters. The second-order valence-electron chi connectivity index (χ2n) is 8.27. The zero-order chi connectivity index (χ0) is 21.6. The summed E-state index contributed by atoms with van der Waals surface area (Å²) in [5.74, 6) is 0.0925. The van der Waals surface area contributed by atoms with Crippen LogP contribution >= 0.6 is 0 Å². The molecule has 7 nitrogen and oxygen atoms in total. The number of hydrogen-bond acceptors (Lipinski definition) is 6. The van der Waals surface area contributed by atoms with Crippen molar-refractivity contribution >= 4 is 5.69 Å². The quantitative estimate of drug-likeness (QED) is 0.599. The van der Waals surface area contributed by atoms with Crippen LogP contribution in [-0.2, 0) is 12.7 Å². The van der Waals surface area contributed by atoms with Crippen molar-refractivity contribution in [1.82, 2.24) is 24.7 Å². The Morgan fingerprint density at radius 2 is 2.00 bits per heavy atom. The van der Waals surface area contributed by atoms with Crippen molar-refractivity contribution < 1.29 is 8.78 Å². The maximum Gasteiger partial charge on any atom is 0.212 e. The third-order valence-electron chi connectivity index (χ3n) is 6.11. The number of aromatic nitrogens is 5. The number of rotatable bonds is 4. The second-order valence-corrected chi connectivity index (χ2v) is 8.27. The number of piperidine rings is 1. The van der Waals surface area contributed by atoms with Crippen molar-refractivity contribution in [3.8, 4) is 17.3 Å².